The molecule has 0 radical (unpaired) electrons. The van der Waals surface area contributed by atoms with Crippen LogP contribution in [-0.4, -0.2) is 40.2 Å². The number of aromatic nitrogens is 2. The van der Waals surface area contributed by atoms with Gasteiger partial charge in [-0.2, -0.15) is 5.10 Å². The van der Waals surface area contributed by atoms with E-state index in [4.69, 9.17) is 0 Å². The smallest absolute Gasteiger partial charge is 0.267 e. The number of nitrogens with one attached hydrogen (secondary N) is 1. The molecule has 19 heavy (non-hydrogen) atoms. The summed E-state index contributed by atoms with van der Waals surface area (Å²) in [6.07, 6.45) is 2.93. The van der Waals surface area contributed by atoms with Crippen LogP contribution in [0, 0.1) is 0 Å². The number of hydrogen-bond donors (Lipinski definition) is 1. The molecular formula is C13H18N4O2. The molecule has 0 spiro atoms. The summed E-state index contributed by atoms with van der Waals surface area (Å²) in [5, 5.41) is 7.55. The number of amides is 1. The maximum absolute atomic E-state index is 12.0. The van der Waals surface area contributed by atoms with Crippen molar-refractivity contribution < 1.29 is 4.79 Å². The molecule has 0 saturated carbocycles. The lowest BCUT2D eigenvalue weighted by Crippen LogP contribution is -2.37. The fourth-order valence-corrected chi connectivity index (χ4v) is 2.67. The van der Waals surface area contributed by atoms with Gasteiger partial charge in [-0.15, -0.1) is 0 Å². The van der Waals surface area contributed by atoms with E-state index >= 15 is 0 Å². The summed E-state index contributed by atoms with van der Waals surface area (Å²) in [5.74, 6) is 0.000912. The Kier molecular flexibility index (Phi) is 3.33. The number of hydrogen-bond acceptors (Lipinski definition) is 4. The Balaban J connectivity index is 1.80. The molecule has 0 unspecified atom stereocenters. The van der Waals surface area contributed by atoms with Crippen LogP contribution in [0.5, 0.6) is 0 Å². The third kappa shape index (κ3) is 2.53. The largest absolute Gasteiger partial charge is 0.341 e. The first-order valence-electron chi connectivity index (χ1n) is 6.82. The lowest BCUT2D eigenvalue weighted by molar-refractivity contribution is -0.131. The maximum atomic E-state index is 12.0. The highest BCUT2D eigenvalue weighted by Gasteiger charge is 2.20. The maximum Gasteiger partial charge on any atom is 0.267 e. The highest BCUT2D eigenvalue weighted by Crippen LogP contribution is 2.09. The van der Waals surface area contributed by atoms with E-state index in [2.05, 4.69) is 10.4 Å². The molecule has 0 aromatic carbocycles. The van der Waals surface area contributed by atoms with Gasteiger partial charge in [0.1, 0.15) is 6.54 Å². The van der Waals surface area contributed by atoms with Crippen LogP contribution in [-0.2, 0) is 24.3 Å². The second-order valence-electron chi connectivity index (χ2n) is 5.13. The first-order chi connectivity index (χ1) is 9.24. The Hall–Kier alpha value is -1.69. The van der Waals surface area contributed by atoms with Gasteiger partial charge in [-0.3, -0.25) is 9.59 Å². The molecule has 102 valence electrons. The molecule has 2 aliphatic rings. The van der Waals surface area contributed by atoms with Crippen LogP contribution in [0.2, 0.25) is 0 Å². The molecule has 1 aromatic heterocycles. The van der Waals surface area contributed by atoms with Crippen molar-refractivity contribution in [3.05, 3.63) is 27.7 Å². The van der Waals surface area contributed by atoms with Gasteiger partial charge in [0.2, 0.25) is 5.91 Å². The van der Waals surface area contributed by atoms with Gasteiger partial charge < -0.3 is 10.2 Å². The van der Waals surface area contributed by atoms with Crippen molar-refractivity contribution in [1.29, 1.82) is 0 Å². The second kappa shape index (κ2) is 5.13. The summed E-state index contributed by atoms with van der Waals surface area (Å²) in [6, 6.07) is 1.60. The minimum absolute atomic E-state index is 0.000912. The summed E-state index contributed by atoms with van der Waals surface area (Å²) in [4.78, 5) is 25.8. The molecule has 3 heterocycles. The van der Waals surface area contributed by atoms with Gasteiger partial charge in [0.15, 0.2) is 0 Å². The molecule has 1 amide bonds. The minimum Gasteiger partial charge on any atom is -0.341 e. The van der Waals surface area contributed by atoms with Crippen molar-refractivity contribution in [3.8, 4) is 0 Å². The van der Waals surface area contributed by atoms with E-state index in [9.17, 15) is 9.59 Å². The zero-order valence-electron chi connectivity index (χ0n) is 10.9. The third-order valence-corrected chi connectivity index (χ3v) is 3.76. The summed E-state index contributed by atoms with van der Waals surface area (Å²) in [7, 11) is 0. The molecule has 0 aliphatic carbocycles. The molecule has 2 aliphatic heterocycles. The molecule has 0 atom stereocenters. The Morgan fingerprint density at radius 2 is 2.16 bits per heavy atom. The predicted octanol–water partition coefficient (Wildman–Crippen LogP) is -0.489. The molecule has 3 rings (SSSR count). The molecule has 1 N–H and O–H groups in total. The van der Waals surface area contributed by atoms with Gasteiger partial charge in [-0.1, -0.05) is 0 Å². The summed E-state index contributed by atoms with van der Waals surface area (Å²) >= 11 is 0. The van der Waals surface area contributed by atoms with Gasteiger partial charge in [0.05, 0.1) is 5.69 Å². The molecule has 1 aromatic rings. The van der Waals surface area contributed by atoms with Gasteiger partial charge in [-0.05, 0) is 18.4 Å². The van der Waals surface area contributed by atoms with E-state index in [0.29, 0.717) is 6.54 Å². The number of rotatable bonds is 2. The number of likely N-dealkylation sites (tertiary alicyclic amines) is 1. The SMILES string of the molecule is O=C(Cn1nc2c(cc1=O)CNCC2)N1CCCC1. The normalized spacial score (nSPS) is 18.4. The molecule has 1 saturated heterocycles. The van der Waals surface area contributed by atoms with Gasteiger partial charge in [0, 0.05) is 38.7 Å². The molecular weight excluding hydrogens is 244 g/mol. The highest BCUT2D eigenvalue weighted by atomic mass is 16.2. The zero-order valence-corrected chi connectivity index (χ0v) is 10.9. The van der Waals surface area contributed by atoms with Crippen LogP contribution < -0.4 is 10.9 Å². The second-order valence-corrected chi connectivity index (χ2v) is 5.13. The van der Waals surface area contributed by atoms with Gasteiger partial charge in [0.25, 0.3) is 5.56 Å². The van der Waals surface area contributed by atoms with E-state index in [0.717, 1.165) is 50.2 Å². The summed E-state index contributed by atoms with van der Waals surface area (Å²) in [5.41, 5.74) is 1.71. The van der Waals surface area contributed by atoms with Crippen molar-refractivity contribution in [1.82, 2.24) is 20.0 Å². The van der Waals surface area contributed by atoms with Crippen LogP contribution in [0.25, 0.3) is 0 Å². The summed E-state index contributed by atoms with van der Waals surface area (Å²) < 4.78 is 1.31. The Morgan fingerprint density at radius 3 is 2.95 bits per heavy atom. The van der Waals surface area contributed by atoms with Crippen molar-refractivity contribution >= 4 is 5.91 Å². The van der Waals surface area contributed by atoms with Crippen LogP contribution in [0.15, 0.2) is 10.9 Å². The summed E-state index contributed by atoms with van der Waals surface area (Å²) in [6.45, 7) is 3.25. The fourth-order valence-electron chi connectivity index (χ4n) is 2.67. The van der Waals surface area contributed by atoms with Crippen molar-refractivity contribution in [2.24, 2.45) is 0 Å². The van der Waals surface area contributed by atoms with E-state index in [1.807, 2.05) is 4.90 Å². The molecule has 6 heteroatoms. The Morgan fingerprint density at radius 1 is 1.37 bits per heavy atom. The Labute approximate surface area is 111 Å². The third-order valence-electron chi connectivity index (χ3n) is 3.76. The number of carbonyl (C=O) groups excluding carboxylic acids is 1. The average molecular weight is 262 g/mol. The van der Waals surface area contributed by atoms with Crippen molar-refractivity contribution in [2.75, 3.05) is 19.6 Å². The van der Waals surface area contributed by atoms with E-state index in [1.54, 1.807) is 6.07 Å². The topological polar surface area (TPSA) is 67.2 Å². The fraction of sp³-hybridized carbons (Fsp3) is 0.615. The number of fused-ring (bicyclic) bond motifs is 1. The molecule has 0 bridgehead atoms. The van der Waals surface area contributed by atoms with E-state index in [-0.39, 0.29) is 18.0 Å². The first-order valence-corrected chi connectivity index (χ1v) is 6.82. The molecule has 1 fully saturated rings. The quantitative estimate of drug-likeness (QED) is 0.781. The predicted molar refractivity (Wildman–Crippen MR) is 69.7 cm³/mol. The monoisotopic (exact) mass is 262 g/mol. The van der Waals surface area contributed by atoms with Crippen molar-refractivity contribution in [3.63, 3.8) is 0 Å². The standard InChI is InChI=1S/C13H18N4O2/c18-12-7-10-8-14-4-3-11(10)15-17(12)9-13(19)16-5-1-2-6-16/h7,14H,1-6,8-9H2. The average Bonchev–Trinajstić information content (AvgIpc) is 2.93. The minimum atomic E-state index is -0.185. The van der Waals surface area contributed by atoms with Gasteiger partial charge >= 0.3 is 0 Å². The van der Waals surface area contributed by atoms with Crippen molar-refractivity contribution in [2.45, 2.75) is 32.4 Å². The number of nitrogens with zero attached hydrogens (tertiary/aromatic N) is 3. The van der Waals surface area contributed by atoms with Crippen LogP contribution >= 0.6 is 0 Å². The number of carbonyl (C=O) groups is 1. The van der Waals surface area contributed by atoms with Crippen LogP contribution in [0.1, 0.15) is 24.1 Å². The van der Waals surface area contributed by atoms with E-state index < -0.39 is 0 Å². The Bertz CT molecular complexity index is 546. The van der Waals surface area contributed by atoms with Gasteiger partial charge in [-0.25, -0.2) is 4.68 Å². The lowest BCUT2D eigenvalue weighted by Gasteiger charge is -2.19. The highest BCUT2D eigenvalue weighted by molar-refractivity contribution is 5.76. The van der Waals surface area contributed by atoms with E-state index in [1.165, 1.54) is 4.68 Å². The van der Waals surface area contributed by atoms with Crippen LogP contribution in [0.3, 0.4) is 0 Å². The lowest BCUT2D eigenvalue weighted by atomic mass is 10.1. The molecule has 6 nitrogen and oxygen atoms in total. The zero-order chi connectivity index (χ0) is 13.2. The first kappa shape index (κ1) is 12.3. The van der Waals surface area contributed by atoms with Crippen LogP contribution in [0.4, 0.5) is 0 Å².